The van der Waals surface area contributed by atoms with E-state index in [1.54, 1.807) is 24.3 Å². The van der Waals surface area contributed by atoms with E-state index in [0.29, 0.717) is 5.56 Å². The number of carbonyl (C=O) groups excluding carboxylic acids is 1. The molecule has 0 unspecified atom stereocenters. The van der Waals surface area contributed by atoms with E-state index in [0.717, 1.165) is 0 Å². The minimum atomic E-state index is -0.861. The third kappa shape index (κ3) is 2.44. The second-order valence-electron chi connectivity index (χ2n) is 4.87. The van der Waals surface area contributed by atoms with Gasteiger partial charge in [-0.15, -0.1) is 0 Å². The molecule has 2 heterocycles. The van der Waals surface area contributed by atoms with Gasteiger partial charge < -0.3 is 13.6 Å². The van der Waals surface area contributed by atoms with Gasteiger partial charge in [0.2, 0.25) is 0 Å². The average molecular weight is 312 g/mol. The van der Waals surface area contributed by atoms with Crippen molar-refractivity contribution >= 4 is 16.7 Å². The number of fused-ring (bicyclic) bond motifs is 1. The Kier molecular flexibility index (Phi) is 3.57. The van der Waals surface area contributed by atoms with Crippen LogP contribution in [0.1, 0.15) is 16.1 Å². The first-order valence-electron chi connectivity index (χ1n) is 6.78. The zero-order valence-corrected chi connectivity index (χ0v) is 12.4. The number of aryl methyl sites for hydroxylation is 1. The molecule has 0 aliphatic carbocycles. The first-order chi connectivity index (χ1) is 11.0. The molecule has 3 aromatic rings. The number of rotatable bonds is 2. The third-order valence-corrected chi connectivity index (χ3v) is 3.47. The van der Waals surface area contributed by atoms with Crippen LogP contribution in [0.25, 0.3) is 22.1 Å². The monoisotopic (exact) mass is 312 g/mol. The molecule has 3 rings (SSSR count). The van der Waals surface area contributed by atoms with Gasteiger partial charge >= 0.3 is 17.2 Å². The molecule has 0 aliphatic heterocycles. The summed E-state index contributed by atoms with van der Waals surface area (Å²) < 4.78 is 14.9. The highest BCUT2D eigenvalue weighted by Crippen LogP contribution is 2.24. The smallest absolute Gasteiger partial charge is 0.351 e. The highest BCUT2D eigenvalue weighted by atomic mass is 16.5. The number of benzene rings is 1. The van der Waals surface area contributed by atoms with Crippen LogP contribution in [-0.4, -0.2) is 13.1 Å². The lowest BCUT2D eigenvalue weighted by atomic mass is 10.1. The van der Waals surface area contributed by atoms with Crippen LogP contribution in [0.2, 0.25) is 0 Å². The van der Waals surface area contributed by atoms with Gasteiger partial charge in [-0.25, -0.2) is 14.4 Å². The topological polar surface area (TPSA) is 86.7 Å². The Balaban J connectivity index is 2.45. The summed E-state index contributed by atoms with van der Waals surface area (Å²) in [6.45, 7) is 1.46. The maximum Gasteiger partial charge on any atom is 0.351 e. The molecular weight excluding hydrogens is 300 g/mol. The second-order valence-corrected chi connectivity index (χ2v) is 4.87. The van der Waals surface area contributed by atoms with Crippen molar-refractivity contribution in [2.24, 2.45) is 0 Å². The maximum absolute atomic E-state index is 12.2. The van der Waals surface area contributed by atoms with Crippen molar-refractivity contribution < 1.29 is 18.4 Å². The fourth-order valence-electron chi connectivity index (χ4n) is 2.42. The molecule has 1 aromatic carbocycles. The Morgan fingerprint density at radius 2 is 1.70 bits per heavy atom. The predicted molar refractivity (Wildman–Crippen MR) is 82.5 cm³/mol. The van der Waals surface area contributed by atoms with Crippen LogP contribution >= 0.6 is 0 Å². The average Bonchev–Trinajstić information content (AvgIpc) is 2.54. The van der Waals surface area contributed by atoms with Gasteiger partial charge in [0.05, 0.1) is 7.11 Å². The highest BCUT2D eigenvalue weighted by molar-refractivity contribution is 6.05. The van der Waals surface area contributed by atoms with Crippen molar-refractivity contribution in [1.82, 2.24) is 0 Å². The van der Waals surface area contributed by atoms with Gasteiger partial charge in [0, 0.05) is 10.9 Å². The van der Waals surface area contributed by atoms with Gasteiger partial charge in [0.15, 0.2) is 5.39 Å². The molecule has 2 aromatic heterocycles. The van der Waals surface area contributed by atoms with Crippen LogP contribution < -0.4 is 11.3 Å². The van der Waals surface area contributed by atoms with Crippen LogP contribution in [-0.2, 0) is 4.74 Å². The van der Waals surface area contributed by atoms with Crippen LogP contribution in [0.4, 0.5) is 0 Å². The summed E-state index contributed by atoms with van der Waals surface area (Å²) in [4.78, 5) is 36.1. The lowest BCUT2D eigenvalue weighted by molar-refractivity contribution is 0.0599. The van der Waals surface area contributed by atoms with E-state index >= 15 is 0 Å². The van der Waals surface area contributed by atoms with Gasteiger partial charge in [-0.05, 0) is 13.0 Å². The molecule has 0 aliphatic rings. The molecular formula is C17H12O6. The largest absolute Gasteiger partial charge is 0.465 e. The van der Waals surface area contributed by atoms with Gasteiger partial charge in [-0.1, -0.05) is 30.3 Å². The fraction of sp³-hybridized carbons (Fsp3) is 0.118. The van der Waals surface area contributed by atoms with Crippen molar-refractivity contribution in [3.8, 4) is 11.3 Å². The van der Waals surface area contributed by atoms with Gasteiger partial charge in [0.1, 0.15) is 17.1 Å². The Labute approximate surface area is 129 Å². The normalized spacial score (nSPS) is 10.7. The van der Waals surface area contributed by atoms with Gasteiger partial charge in [0.25, 0.3) is 0 Å². The molecule has 116 valence electrons. The molecule has 0 spiro atoms. The highest BCUT2D eigenvalue weighted by Gasteiger charge is 2.22. The predicted octanol–water partition coefficient (Wildman–Crippen LogP) is 2.51. The first kappa shape index (κ1) is 14.8. The van der Waals surface area contributed by atoms with Crippen molar-refractivity contribution in [1.29, 1.82) is 0 Å². The molecule has 0 radical (unpaired) electrons. The molecule has 6 heteroatoms. The Morgan fingerprint density at radius 3 is 2.35 bits per heavy atom. The van der Waals surface area contributed by atoms with E-state index in [9.17, 15) is 14.4 Å². The number of esters is 1. The summed E-state index contributed by atoms with van der Waals surface area (Å²) in [5.74, 6) is -0.363. The summed E-state index contributed by atoms with van der Waals surface area (Å²) >= 11 is 0. The Bertz CT molecular complexity index is 1010. The molecule has 0 atom stereocenters. The van der Waals surface area contributed by atoms with Crippen LogP contribution in [0.3, 0.4) is 0 Å². The van der Waals surface area contributed by atoms with E-state index in [2.05, 4.69) is 0 Å². The molecule has 0 bridgehead atoms. The number of carbonyl (C=O) groups is 1. The number of methoxy groups -OCH3 is 1. The standard InChI is InChI=1S/C17H12O6/c1-9-13(15(18)21-2)11-8-12(10-6-4-3-5-7-10)23-17(20)14(11)16(19)22-9/h3-8H,1-2H3. The van der Waals surface area contributed by atoms with Crippen LogP contribution in [0.5, 0.6) is 0 Å². The number of hydrogen-bond donors (Lipinski definition) is 0. The van der Waals surface area contributed by atoms with E-state index in [1.807, 2.05) is 6.07 Å². The zero-order chi connectivity index (χ0) is 16.6. The summed E-state index contributed by atoms with van der Waals surface area (Å²) in [7, 11) is 1.21. The Morgan fingerprint density at radius 1 is 1.04 bits per heavy atom. The quantitative estimate of drug-likeness (QED) is 0.676. The minimum absolute atomic E-state index is 0.0344. The summed E-state index contributed by atoms with van der Waals surface area (Å²) in [5.41, 5.74) is -1.03. The first-order valence-corrected chi connectivity index (χ1v) is 6.78. The summed E-state index contributed by atoms with van der Waals surface area (Å²) in [5, 5.41) is -0.156. The lowest BCUT2D eigenvalue weighted by Gasteiger charge is -2.07. The minimum Gasteiger partial charge on any atom is -0.465 e. The second kappa shape index (κ2) is 5.57. The van der Waals surface area contributed by atoms with Crippen molar-refractivity contribution in [3.05, 3.63) is 68.6 Å². The van der Waals surface area contributed by atoms with Crippen molar-refractivity contribution in [3.63, 3.8) is 0 Å². The molecule has 0 fully saturated rings. The van der Waals surface area contributed by atoms with Crippen LogP contribution in [0.15, 0.2) is 54.8 Å². The van der Waals surface area contributed by atoms with Crippen molar-refractivity contribution in [2.45, 2.75) is 6.92 Å². The fourth-order valence-corrected chi connectivity index (χ4v) is 2.42. The molecule has 0 saturated carbocycles. The van der Waals surface area contributed by atoms with E-state index < -0.39 is 17.2 Å². The third-order valence-electron chi connectivity index (χ3n) is 3.47. The summed E-state index contributed by atoms with van der Waals surface area (Å²) in [6, 6.07) is 10.4. The number of ether oxygens (including phenoxy) is 1. The number of hydrogen-bond acceptors (Lipinski definition) is 6. The molecule has 23 heavy (non-hydrogen) atoms. The SMILES string of the molecule is COC(=O)c1c(C)oc(=O)c2c(=O)oc(-c3ccccc3)cc12. The molecule has 0 N–H and O–H groups in total. The van der Waals surface area contributed by atoms with Crippen LogP contribution in [0, 0.1) is 6.92 Å². The van der Waals surface area contributed by atoms with E-state index in [4.69, 9.17) is 13.6 Å². The van der Waals surface area contributed by atoms with Gasteiger partial charge in [-0.3, -0.25) is 0 Å². The van der Waals surface area contributed by atoms with Crippen molar-refractivity contribution in [2.75, 3.05) is 7.11 Å². The van der Waals surface area contributed by atoms with Gasteiger partial charge in [-0.2, -0.15) is 0 Å². The Hall–Kier alpha value is -3.15. The molecule has 6 nitrogen and oxygen atoms in total. The zero-order valence-electron chi connectivity index (χ0n) is 12.4. The summed E-state index contributed by atoms with van der Waals surface area (Å²) in [6.07, 6.45) is 0. The maximum atomic E-state index is 12.2. The molecule has 0 saturated heterocycles. The van der Waals surface area contributed by atoms with E-state index in [-0.39, 0.29) is 27.9 Å². The van der Waals surface area contributed by atoms with E-state index in [1.165, 1.54) is 20.1 Å². The lowest BCUT2D eigenvalue weighted by Crippen LogP contribution is -2.17. The molecule has 0 amide bonds.